The van der Waals surface area contributed by atoms with E-state index in [1.807, 2.05) is 24.3 Å². The molecule has 4 heteroatoms. The van der Waals surface area contributed by atoms with Crippen LogP contribution in [0.3, 0.4) is 0 Å². The van der Waals surface area contributed by atoms with Crippen molar-refractivity contribution in [3.05, 3.63) is 52.8 Å². The third-order valence-electron chi connectivity index (χ3n) is 3.46. The summed E-state index contributed by atoms with van der Waals surface area (Å²) in [7, 11) is 0. The fourth-order valence-corrected chi connectivity index (χ4v) is 2.21. The summed E-state index contributed by atoms with van der Waals surface area (Å²) in [6.07, 6.45) is 6.04. The van der Waals surface area contributed by atoms with Crippen molar-refractivity contribution in [3.8, 4) is 11.8 Å². The van der Waals surface area contributed by atoms with Gasteiger partial charge >= 0.3 is 0 Å². The zero-order chi connectivity index (χ0) is 14.7. The Kier molecular flexibility index (Phi) is 3.98. The molecule has 0 aliphatic heterocycles. The predicted octanol–water partition coefficient (Wildman–Crippen LogP) is 3.54. The number of hydrogen-bond donors (Lipinski definition) is 2. The first kappa shape index (κ1) is 13.8. The second kappa shape index (κ2) is 6.07. The van der Waals surface area contributed by atoms with Crippen LogP contribution in [-0.4, -0.2) is 11.5 Å². The highest BCUT2D eigenvalue weighted by molar-refractivity contribution is 6.35. The number of nitrogen functional groups attached to an aromatic ring is 1. The Morgan fingerprint density at radius 2 is 2.14 bits per heavy atom. The first-order chi connectivity index (χ1) is 10.2. The van der Waals surface area contributed by atoms with E-state index in [1.54, 1.807) is 12.4 Å². The van der Waals surface area contributed by atoms with E-state index in [-0.39, 0.29) is 0 Å². The number of halogens is 1. The average Bonchev–Trinajstić information content (AvgIpc) is 3.33. The van der Waals surface area contributed by atoms with Gasteiger partial charge in [-0.25, -0.2) is 0 Å². The van der Waals surface area contributed by atoms with Crippen molar-refractivity contribution in [2.75, 3.05) is 17.6 Å². The zero-order valence-corrected chi connectivity index (χ0v) is 12.3. The third-order valence-corrected chi connectivity index (χ3v) is 3.87. The van der Waals surface area contributed by atoms with Crippen LogP contribution in [0.25, 0.3) is 0 Å². The molecule has 0 saturated heterocycles. The van der Waals surface area contributed by atoms with Crippen molar-refractivity contribution in [1.29, 1.82) is 0 Å². The van der Waals surface area contributed by atoms with Gasteiger partial charge in [0.15, 0.2) is 0 Å². The summed E-state index contributed by atoms with van der Waals surface area (Å²) in [6, 6.07) is 7.60. The average molecular weight is 298 g/mol. The summed E-state index contributed by atoms with van der Waals surface area (Å²) in [5.74, 6) is 6.87. The van der Waals surface area contributed by atoms with Crippen LogP contribution >= 0.6 is 11.6 Å². The fourth-order valence-electron chi connectivity index (χ4n) is 2.00. The van der Waals surface area contributed by atoms with Crippen LogP contribution in [-0.2, 0) is 0 Å². The number of pyridine rings is 1. The van der Waals surface area contributed by atoms with E-state index in [9.17, 15) is 0 Å². The Balaban J connectivity index is 1.80. The van der Waals surface area contributed by atoms with Gasteiger partial charge in [0.25, 0.3) is 0 Å². The third kappa shape index (κ3) is 3.48. The second-order valence-corrected chi connectivity index (χ2v) is 5.58. The Morgan fingerprint density at radius 1 is 1.29 bits per heavy atom. The monoisotopic (exact) mass is 297 g/mol. The van der Waals surface area contributed by atoms with E-state index in [2.05, 4.69) is 22.1 Å². The largest absolute Gasteiger partial charge is 0.396 e. The molecule has 21 heavy (non-hydrogen) atoms. The minimum atomic E-state index is 0.507. The molecule has 1 heterocycles. The van der Waals surface area contributed by atoms with Crippen molar-refractivity contribution < 1.29 is 0 Å². The van der Waals surface area contributed by atoms with Crippen molar-refractivity contribution in [2.45, 2.75) is 12.8 Å². The van der Waals surface area contributed by atoms with Crippen LogP contribution < -0.4 is 11.1 Å². The molecule has 0 radical (unpaired) electrons. The smallest absolute Gasteiger partial charge is 0.0813 e. The van der Waals surface area contributed by atoms with Gasteiger partial charge in [-0.15, -0.1) is 0 Å². The molecule has 0 amide bonds. The number of nitrogens with zero attached hydrogens (tertiary/aromatic N) is 1. The van der Waals surface area contributed by atoms with Gasteiger partial charge in [-0.1, -0.05) is 23.4 Å². The van der Waals surface area contributed by atoms with E-state index in [4.69, 9.17) is 17.3 Å². The zero-order valence-electron chi connectivity index (χ0n) is 11.6. The van der Waals surface area contributed by atoms with Crippen LogP contribution in [0.2, 0.25) is 5.02 Å². The van der Waals surface area contributed by atoms with Crippen molar-refractivity contribution >= 4 is 23.0 Å². The topological polar surface area (TPSA) is 50.9 Å². The van der Waals surface area contributed by atoms with Gasteiger partial charge in [0.2, 0.25) is 0 Å². The van der Waals surface area contributed by atoms with Crippen LogP contribution in [0.1, 0.15) is 24.0 Å². The lowest BCUT2D eigenvalue weighted by Gasteiger charge is -2.11. The molecule has 3 nitrogen and oxygen atoms in total. The highest BCUT2D eigenvalue weighted by atomic mass is 35.5. The number of benzene rings is 1. The molecule has 0 atom stereocenters. The Labute approximate surface area is 129 Å². The first-order valence-corrected chi connectivity index (χ1v) is 7.36. The van der Waals surface area contributed by atoms with Gasteiger partial charge in [0.05, 0.1) is 16.4 Å². The van der Waals surface area contributed by atoms with E-state index >= 15 is 0 Å². The molecule has 0 unspecified atom stereocenters. The van der Waals surface area contributed by atoms with Crippen LogP contribution in [0.5, 0.6) is 0 Å². The molecule has 1 aliphatic rings. The molecule has 1 saturated carbocycles. The molecule has 1 aromatic heterocycles. The van der Waals surface area contributed by atoms with Gasteiger partial charge in [-0.3, -0.25) is 4.98 Å². The predicted molar refractivity (Wildman–Crippen MR) is 87.3 cm³/mol. The van der Waals surface area contributed by atoms with Gasteiger partial charge in [-0.2, -0.15) is 0 Å². The number of nitrogens with one attached hydrogen (secondary N) is 1. The summed E-state index contributed by atoms with van der Waals surface area (Å²) in [5, 5.41) is 3.86. The number of anilines is 2. The number of rotatable bonds is 3. The highest BCUT2D eigenvalue weighted by Gasteiger charge is 2.21. The van der Waals surface area contributed by atoms with Gasteiger partial charge < -0.3 is 11.1 Å². The van der Waals surface area contributed by atoms with E-state index in [0.29, 0.717) is 10.7 Å². The normalized spacial score (nSPS) is 13.4. The van der Waals surface area contributed by atoms with Crippen molar-refractivity contribution in [2.24, 2.45) is 5.92 Å². The second-order valence-electron chi connectivity index (χ2n) is 5.20. The quantitative estimate of drug-likeness (QED) is 0.673. The summed E-state index contributed by atoms with van der Waals surface area (Å²) >= 11 is 6.31. The van der Waals surface area contributed by atoms with Crippen molar-refractivity contribution in [3.63, 3.8) is 0 Å². The molecule has 0 spiro atoms. The molecule has 1 aliphatic carbocycles. The van der Waals surface area contributed by atoms with Crippen LogP contribution in [0.15, 0.2) is 36.7 Å². The Morgan fingerprint density at radius 3 is 2.86 bits per heavy atom. The highest BCUT2D eigenvalue weighted by Crippen LogP contribution is 2.33. The first-order valence-electron chi connectivity index (χ1n) is 6.98. The Bertz CT molecular complexity index is 697. The minimum Gasteiger partial charge on any atom is -0.396 e. The maximum Gasteiger partial charge on any atom is 0.0813 e. The summed E-state index contributed by atoms with van der Waals surface area (Å²) < 4.78 is 0. The standard InChI is InChI=1S/C17H16ClN3/c18-16-14(6-5-12-2-1-9-20-10-12)7-8-15(17(16)19)21-11-13-3-4-13/h1-2,7-10,13,21H,3-4,11,19H2. The lowest BCUT2D eigenvalue weighted by Crippen LogP contribution is -2.06. The van der Waals surface area contributed by atoms with Gasteiger partial charge in [0.1, 0.15) is 0 Å². The van der Waals surface area contributed by atoms with Crippen LogP contribution in [0, 0.1) is 17.8 Å². The molecule has 3 rings (SSSR count). The van der Waals surface area contributed by atoms with E-state index in [1.165, 1.54) is 12.8 Å². The fraction of sp³-hybridized carbons (Fsp3) is 0.235. The lowest BCUT2D eigenvalue weighted by molar-refractivity contribution is 0.890. The molecule has 1 aromatic carbocycles. The maximum atomic E-state index is 6.31. The minimum absolute atomic E-state index is 0.507. The molecule has 3 N–H and O–H groups in total. The molecular weight excluding hydrogens is 282 g/mol. The number of aromatic nitrogens is 1. The lowest BCUT2D eigenvalue weighted by atomic mass is 10.1. The number of hydrogen-bond acceptors (Lipinski definition) is 3. The van der Waals surface area contributed by atoms with E-state index < -0.39 is 0 Å². The van der Waals surface area contributed by atoms with Gasteiger partial charge in [0, 0.05) is 30.1 Å². The van der Waals surface area contributed by atoms with Crippen molar-refractivity contribution in [1.82, 2.24) is 4.98 Å². The molecule has 0 bridgehead atoms. The molecule has 2 aromatic rings. The van der Waals surface area contributed by atoms with Gasteiger partial charge in [-0.05, 0) is 43.0 Å². The molecule has 1 fully saturated rings. The summed E-state index contributed by atoms with van der Waals surface area (Å²) in [6.45, 7) is 0.960. The molecular formula is C17H16ClN3. The SMILES string of the molecule is Nc1c(NCC2CC2)ccc(C#Cc2cccnc2)c1Cl. The Hall–Kier alpha value is -2.18. The number of nitrogens with two attached hydrogens (primary N) is 1. The van der Waals surface area contributed by atoms with E-state index in [0.717, 1.165) is 29.3 Å². The van der Waals surface area contributed by atoms with Crippen LogP contribution in [0.4, 0.5) is 11.4 Å². The summed E-state index contributed by atoms with van der Waals surface area (Å²) in [4.78, 5) is 4.03. The molecule has 106 valence electrons. The maximum absolute atomic E-state index is 6.31. The summed E-state index contributed by atoms with van der Waals surface area (Å²) in [5.41, 5.74) is 9.12.